The molecule has 1 aliphatic rings. The summed E-state index contributed by atoms with van der Waals surface area (Å²) in [5, 5.41) is 4.58. The van der Waals surface area contributed by atoms with Crippen LogP contribution in [0.15, 0.2) is 47.0 Å². The molecule has 1 aliphatic heterocycles. The average molecular weight is 355 g/mol. The van der Waals surface area contributed by atoms with Crippen LogP contribution in [0, 0.1) is 6.92 Å². The molecule has 4 rings (SSSR count). The Morgan fingerprint density at radius 1 is 1.24 bits per heavy atom. The lowest BCUT2D eigenvalue weighted by molar-refractivity contribution is 0.0982. The number of hydrogen-bond acceptors (Lipinski definition) is 4. The second-order valence-electron chi connectivity index (χ2n) is 5.97. The Hall–Kier alpha value is -2.79. The third kappa shape index (κ3) is 2.66. The lowest BCUT2D eigenvalue weighted by atomic mass is 10.0. The van der Waals surface area contributed by atoms with Gasteiger partial charge in [-0.3, -0.25) is 4.79 Å². The van der Waals surface area contributed by atoms with Crippen LogP contribution in [0.1, 0.15) is 21.6 Å². The molecule has 3 aromatic rings. The number of benzene rings is 2. The number of fused-ring (bicyclic) bond motifs is 3. The van der Waals surface area contributed by atoms with Gasteiger partial charge in [-0.05, 0) is 37.3 Å². The monoisotopic (exact) mass is 354 g/mol. The summed E-state index contributed by atoms with van der Waals surface area (Å²) < 4.78 is 11.3. The molecule has 5 nitrogen and oxygen atoms in total. The first kappa shape index (κ1) is 15.7. The predicted molar refractivity (Wildman–Crippen MR) is 95.2 cm³/mol. The van der Waals surface area contributed by atoms with E-state index in [1.807, 2.05) is 31.2 Å². The fraction of sp³-hybridized carbons (Fsp3) is 0.158. The second-order valence-corrected chi connectivity index (χ2v) is 6.41. The van der Waals surface area contributed by atoms with Gasteiger partial charge in [0.1, 0.15) is 12.4 Å². The molecule has 0 bridgehead atoms. The minimum absolute atomic E-state index is 0.249. The molecule has 0 atom stereocenters. The molecule has 126 valence electrons. The molecule has 1 aromatic heterocycles. The Balaban J connectivity index is 1.73. The van der Waals surface area contributed by atoms with Crippen molar-refractivity contribution in [2.24, 2.45) is 0 Å². The molecule has 1 amide bonds. The minimum atomic E-state index is -0.271. The average Bonchev–Trinajstić information content (AvgIpc) is 3.05. The molecule has 0 radical (unpaired) electrons. The van der Waals surface area contributed by atoms with Crippen LogP contribution in [0.2, 0.25) is 5.02 Å². The van der Waals surface area contributed by atoms with Crippen LogP contribution in [-0.4, -0.2) is 18.1 Å². The first-order valence-electron chi connectivity index (χ1n) is 7.80. The quantitative estimate of drug-likeness (QED) is 0.681. The van der Waals surface area contributed by atoms with Crippen LogP contribution in [0.3, 0.4) is 0 Å². The maximum atomic E-state index is 12.9. The van der Waals surface area contributed by atoms with Crippen molar-refractivity contribution in [3.8, 4) is 17.1 Å². The van der Waals surface area contributed by atoms with Crippen LogP contribution >= 0.6 is 11.6 Å². The van der Waals surface area contributed by atoms with Crippen molar-refractivity contribution in [3.63, 3.8) is 0 Å². The fourth-order valence-electron chi connectivity index (χ4n) is 2.88. The smallest absolute Gasteiger partial charge is 0.280 e. The highest BCUT2D eigenvalue weighted by Crippen LogP contribution is 2.39. The highest BCUT2D eigenvalue weighted by Gasteiger charge is 2.30. The maximum Gasteiger partial charge on any atom is 0.280 e. The highest BCUT2D eigenvalue weighted by molar-refractivity contribution is 6.31. The van der Waals surface area contributed by atoms with Crippen LogP contribution in [-0.2, 0) is 6.61 Å². The van der Waals surface area contributed by atoms with E-state index in [1.54, 1.807) is 25.2 Å². The Kier molecular flexibility index (Phi) is 3.73. The number of halogens is 1. The predicted octanol–water partition coefficient (Wildman–Crippen LogP) is 4.47. The molecule has 0 spiro atoms. The molecular weight excluding hydrogens is 340 g/mol. The summed E-state index contributed by atoms with van der Waals surface area (Å²) in [6.45, 7) is 2.24. The van der Waals surface area contributed by atoms with Crippen molar-refractivity contribution >= 4 is 23.2 Å². The molecule has 25 heavy (non-hydrogen) atoms. The van der Waals surface area contributed by atoms with Crippen LogP contribution < -0.4 is 9.64 Å². The summed E-state index contributed by atoms with van der Waals surface area (Å²) in [5.74, 6) is 1.05. The van der Waals surface area contributed by atoms with Crippen LogP contribution in [0.5, 0.6) is 5.75 Å². The van der Waals surface area contributed by atoms with Crippen molar-refractivity contribution in [1.29, 1.82) is 0 Å². The van der Waals surface area contributed by atoms with E-state index in [4.69, 9.17) is 20.9 Å². The number of rotatable bonds is 2. The molecule has 0 aliphatic carbocycles. The van der Waals surface area contributed by atoms with Gasteiger partial charge in [-0.25, -0.2) is 0 Å². The number of anilines is 1. The SMILES string of the molecule is Cc1ccc2c(c1)-c1onc(C(=O)N(C)c3cccc(Cl)c3)c1CO2. The van der Waals surface area contributed by atoms with Gasteiger partial charge < -0.3 is 14.2 Å². The standard InChI is InChI=1S/C19H15ClN2O3/c1-11-6-7-16-14(8-11)18-15(10-24-16)17(21-25-18)19(23)22(2)13-5-3-4-12(20)9-13/h3-9H,10H2,1-2H3. The van der Waals surface area contributed by atoms with E-state index >= 15 is 0 Å². The first-order valence-corrected chi connectivity index (χ1v) is 8.18. The van der Waals surface area contributed by atoms with E-state index in [9.17, 15) is 4.79 Å². The Labute approximate surface area is 149 Å². The molecule has 0 unspecified atom stereocenters. The summed E-state index contributed by atoms with van der Waals surface area (Å²) in [5.41, 5.74) is 3.50. The number of carbonyl (C=O) groups excluding carboxylic acids is 1. The lowest BCUT2D eigenvalue weighted by Gasteiger charge is -2.19. The van der Waals surface area contributed by atoms with Gasteiger partial charge in [0, 0.05) is 17.8 Å². The maximum absolute atomic E-state index is 12.9. The zero-order chi connectivity index (χ0) is 17.6. The van der Waals surface area contributed by atoms with Gasteiger partial charge in [-0.15, -0.1) is 0 Å². The van der Waals surface area contributed by atoms with E-state index in [0.29, 0.717) is 22.0 Å². The highest BCUT2D eigenvalue weighted by atomic mass is 35.5. The molecule has 2 aromatic carbocycles. The lowest BCUT2D eigenvalue weighted by Crippen LogP contribution is -2.27. The Morgan fingerprint density at radius 2 is 2.08 bits per heavy atom. The Bertz CT molecular complexity index is 981. The van der Waals surface area contributed by atoms with Crippen molar-refractivity contribution < 1.29 is 14.1 Å². The van der Waals surface area contributed by atoms with Gasteiger partial charge in [-0.2, -0.15) is 0 Å². The number of hydrogen-bond donors (Lipinski definition) is 0. The van der Waals surface area contributed by atoms with Gasteiger partial charge in [0.05, 0.1) is 11.1 Å². The summed E-state index contributed by atoms with van der Waals surface area (Å²) in [4.78, 5) is 14.4. The summed E-state index contributed by atoms with van der Waals surface area (Å²) in [7, 11) is 1.68. The van der Waals surface area contributed by atoms with E-state index < -0.39 is 0 Å². The fourth-order valence-corrected chi connectivity index (χ4v) is 3.07. The summed E-state index contributed by atoms with van der Waals surface area (Å²) >= 11 is 6.01. The van der Waals surface area contributed by atoms with Gasteiger partial charge in [0.25, 0.3) is 5.91 Å². The third-order valence-corrected chi connectivity index (χ3v) is 4.48. The minimum Gasteiger partial charge on any atom is -0.488 e. The van der Waals surface area contributed by atoms with E-state index in [1.165, 1.54) is 4.90 Å². The molecule has 6 heteroatoms. The van der Waals surface area contributed by atoms with Crippen molar-refractivity contribution in [2.75, 3.05) is 11.9 Å². The summed E-state index contributed by atoms with van der Waals surface area (Å²) in [6.07, 6.45) is 0. The number of carbonyl (C=O) groups is 1. The van der Waals surface area contributed by atoms with Gasteiger partial charge in [0.15, 0.2) is 11.5 Å². The summed E-state index contributed by atoms with van der Waals surface area (Å²) in [6, 6.07) is 12.9. The van der Waals surface area contributed by atoms with E-state index in [-0.39, 0.29) is 18.2 Å². The topological polar surface area (TPSA) is 55.6 Å². The van der Waals surface area contributed by atoms with Crippen LogP contribution in [0.4, 0.5) is 5.69 Å². The molecule has 0 fully saturated rings. The number of aryl methyl sites for hydroxylation is 1. The van der Waals surface area contributed by atoms with Gasteiger partial charge in [-0.1, -0.05) is 34.5 Å². The molecule has 2 heterocycles. The van der Waals surface area contributed by atoms with Crippen molar-refractivity contribution in [3.05, 3.63) is 64.3 Å². The normalized spacial score (nSPS) is 12.1. The zero-order valence-corrected chi connectivity index (χ0v) is 14.5. The number of amides is 1. The molecule has 0 saturated carbocycles. The van der Waals surface area contributed by atoms with Gasteiger partial charge in [0.2, 0.25) is 0 Å². The molecular formula is C19H15ClN2O3. The second kappa shape index (κ2) is 5.93. The third-order valence-electron chi connectivity index (χ3n) is 4.24. The number of ether oxygens (including phenoxy) is 1. The van der Waals surface area contributed by atoms with Crippen molar-refractivity contribution in [1.82, 2.24) is 5.16 Å². The number of aromatic nitrogens is 1. The van der Waals surface area contributed by atoms with Crippen LogP contribution in [0.25, 0.3) is 11.3 Å². The van der Waals surface area contributed by atoms with Gasteiger partial charge >= 0.3 is 0 Å². The van der Waals surface area contributed by atoms with E-state index in [2.05, 4.69) is 5.16 Å². The van der Waals surface area contributed by atoms with E-state index in [0.717, 1.165) is 16.9 Å². The first-order chi connectivity index (χ1) is 12.0. The zero-order valence-electron chi connectivity index (χ0n) is 13.7. The van der Waals surface area contributed by atoms with Crippen molar-refractivity contribution in [2.45, 2.75) is 13.5 Å². The largest absolute Gasteiger partial charge is 0.488 e. The Morgan fingerprint density at radius 3 is 2.88 bits per heavy atom. The molecule has 0 saturated heterocycles. The number of nitrogens with zero attached hydrogens (tertiary/aromatic N) is 2. The molecule has 0 N–H and O–H groups in total.